The number of carbonyl (C=O) groups is 1. The Labute approximate surface area is 146 Å². The highest BCUT2D eigenvalue weighted by molar-refractivity contribution is 5.68. The van der Waals surface area contributed by atoms with E-state index < -0.39 is 5.97 Å². The molecule has 0 aromatic carbocycles. The molecule has 0 atom stereocenters. The smallest absolute Gasteiger partial charge is 0.269 e. The molecule has 0 unspecified atom stereocenters. The van der Waals surface area contributed by atoms with E-state index in [2.05, 4.69) is 53.3 Å². The molecule has 4 nitrogen and oxygen atoms in total. The normalized spacial score (nSPS) is 12.2. The van der Waals surface area contributed by atoms with Gasteiger partial charge in [0.1, 0.15) is 0 Å². The van der Waals surface area contributed by atoms with Gasteiger partial charge in [0.05, 0.1) is 0 Å². The van der Waals surface area contributed by atoms with Crippen LogP contribution in [0.3, 0.4) is 0 Å². The van der Waals surface area contributed by atoms with Crippen molar-refractivity contribution < 1.29 is 20.0 Å². The molecule has 0 fully saturated rings. The summed E-state index contributed by atoms with van der Waals surface area (Å²) >= 11 is 0. The highest BCUT2D eigenvalue weighted by atomic mass is 17.5. The lowest BCUT2D eigenvalue weighted by Gasteiger charge is -1.96. The Hall–Kier alpha value is -1.65. The third kappa shape index (κ3) is 18.4. The molecule has 0 saturated carbocycles. The van der Waals surface area contributed by atoms with Gasteiger partial charge in [0.2, 0.25) is 0 Å². The molecule has 0 bridgehead atoms. The summed E-state index contributed by atoms with van der Waals surface area (Å²) in [6, 6.07) is 0. The fraction of sp³-hybridized carbons (Fsp3) is 0.550. The monoisotopic (exact) mass is 336 g/mol. The van der Waals surface area contributed by atoms with Gasteiger partial charge in [-0.05, 0) is 50.0 Å². The zero-order valence-electron chi connectivity index (χ0n) is 14.9. The van der Waals surface area contributed by atoms with Crippen molar-refractivity contribution in [3.05, 3.63) is 48.6 Å². The maximum absolute atomic E-state index is 10.9. The summed E-state index contributed by atoms with van der Waals surface area (Å²) in [7, 11) is 0. The molecule has 1 N–H and O–H groups in total. The Bertz CT molecular complexity index is 394. The lowest BCUT2D eigenvalue weighted by atomic mass is 10.2. The third-order valence-electron chi connectivity index (χ3n) is 3.37. The average molecular weight is 336 g/mol. The van der Waals surface area contributed by atoms with Crippen LogP contribution in [0.4, 0.5) is 0 Å². The Balaban J connectivity index is 3.44. The lowest BCUT2D eigenvalue weighted by Crippen LogP contribution is -2.02. The summed E-state index contributed by atoms with van der Waals surface area (Å²) in [5, 5.41) is 11.2. The number of allylic oxidation sites excluding steroid dienone is 8. The van der Waals surface area contributed by atoms with E-state index in [9.17, 15) is 4.79 Å². The first-order chi connectivity index (χ1) is 11.8. The van der Waals surface area contributed by atoms with Gasteiger partial charge in [-0.15, -0.1) is 0 Å². The van der Waals surface area contributed by atoms with Crippen LogP contribution in [0.15, 0.2) is 48.6 Å². The summed E-state index contributed by atoms with van der Waals surface area (Å²) in [5.74, 6) is -0.552. The van der Waals surface area contributed by atoms with E-state index in [1.165, 1.54) is 25.7 Å². The molecule has 0 heterocycles. The molecule has 136 valence electrons. The topological polar surface area (TPSA) is 55.8 Å². The number of carbonyl (C=O) groups excluding carboxylic acids is 1. The summed E-state index contributed by atoms with van der Waals surface area (Å²) in [6.07, 6.45) is 27.0. The van der Waals surface area contributed by atoms with Crippen LogP contribution in [-0.2, 0) is 14.7 Å². The van der Waals surface area contributed by atoms with Crippen LogP contribution in [0.5, 0.6) is 0 Å². The van der Waals surface area contributed by atoms with Gasteiger partial charge in [-0.25, -0.2) is 10.1 Å². The Morgan fingerprint density at radius 2 is 1.46 bits per heavy atom. The number of unbranched alkanes of at least 4 members (excludes halogenated alkanes) is 5. The van der Waals surface area contributed by atoms with Crippen LogP contribution in [0.1, 0.15) is 71.1 Å². The Morgan fingerprint density at radius 3 is 2.21 bits per heavy atom. The van der Waals surface area contributed by atoms with Gasteiger partial charge in [-0.2, -0.15) is 0 Å². The predicted octanol–water partition coefficient (Wildman–Crippen LogP) is 6.08. The van der Waals surface area contributed by atoms with Gasteiger partial charge in [-0.3, -0.25) is 4.89 Å². The SMILES string of the molecule is CCCCCC=CCC=CCC=CC=CCCCCC(=O)OOO. The van der Waals surface area contributed by atoms with Crippen molar-refractivity contribution in [2.45, 2.75) is 71.1 Å². The van der Waals surface area contributed by atoms with Gasteiger partial charge in [-0.1, -0.05) is 68.4 Å². The van der Waals surface area contributed by atoms with E-state index in [0.717, 1.165) is 25.7 Å². The maximum atomic E-state index is 10.9. The van der Waals surface area contributed by atoms with Crippen molar-refractivity contribution in [3.63, 3.8) is 0 Å². The molecular weight excluding hydrogens is 304 g/mol. The molecule has 0 aliphatic carbocycles. The number of hydrogen-bond acceptors (Lipinski definition) is 4. The van der Waals surface area contributed by atoms with Crippen LogP contribution in [0.2, 0.25) is 0 Å². The minimum Gasteiger partial charge on any atom is -0.269 e. The fourth-order valence-corrected chi connectivity index (χ4v) is 2.02. The predicted molar refractivity (Wildman–Crippen MR) is 98.2 cm³/mol. The first kappa shape index (κ1) is 22.4. The molecule has 0 aromatic heterocycles. The largest absolute Gasteiger partial charge is 0.345 e. The molecule has 24 heavy (non-hydrogen) atoms. The number of rotatable bonds is 15. The van der Waals surface area contributed by atoms with Crippen molar-refractivity contribution in [3.8, 4) is 0 Å². The van der Waals surface area contributed by atoms with Crippen LogP contribution in [-0.4, -0.2) is 11.2 Å². The van der Waals surface area contributed by atoms with Gasteiger partial charge in [0.15, 0.2) is 0 Å². The summed E-state index contributed by atoms with van der Waals surface area (Å²) in [5.41, 5.74) is 0. The Kier molecular flexibility index (Phi) is 18.1. The van der Waals surface area contributed by atoms with E-state index in [1.54, 1.807) is 0 Å². The highest BCUT2D eigenvalue weighted by Gasteiger charge is 2.01. The van der Waals surface area contributed by atoms with E-state index in [1.807, 2.05) is 12.2 Å². The molecule has 0 aromatic rings. The second-order valence-electron chi connectivity index (χ2n) is 5.54. The third-order valence-corrected chi connectivity index (χ3v) is 3.37. The van der Waals surface area contributed by atoms with Gasteiger partial charge in [0, 0.05) is 6.42 Å². The minimum atomic E-state index is -0.552. The molecule has 0 radical (unpaired) electrons. The van der Waals surface area contributed by atoms with Gasteiger partial charge >= 0.3 is 5.97 Å². The van der Waals surface area contributed by atoms with Crippen LogP contribution in [0, 0.1) is 0 Å². The first-order valence-electron chi connectivity index (χ1n) is 8.93. The highest BCUT2D eigenvalue weighted by Crippen LogP contribution is 2.03. The quantitative estimate of drug-likeness (QED) is 0.129. The minimum absolute atomic E-state index is 0.252. The number of hydrogen-bond donors (Lipinski definition) is 1. The van der Waals surface area contributed by atoms with Crippen molar-refractivity contribution in [2.75, 3.05) is 0 Å². The zero-order chi connectivity index (χ0) is 17.7. The molecule has 0 amide bonds. The van der Waals surface area contributed by atoms with Crippen molar-refractivity contribution in [1.82, 2.24) is 0 Å². The van der Waals surface area contributed by atoms with Crippen molar-refractivity contribution in [2.24, 2.45) is 0 Å². The van der Waals surface area contributed by atoms with E-state index in [-0.39, 0.29) is 6.42 Å². The molecule has 0 aliphatic heterocycles. The van der Waals surface area contributed by atoms with Gasteiger partial charge < -0.3 is 0 Å². The second kappa shape index (κ2) is 19.4. The Morgan fingerprint density at radius 1 is 0.833 bits per heavy atom. The summed E-state index contributed by atoms with van der Waals surface area (Å²) in [6.45, 7) is 2.23. The van der Waals surface area contributed by atoms with Crippen LogP contribution >= 0.6 is 0 Å². The second-order valence-corrected chi connectivity index (χ2v) is 5.54. The lowest BCUT2D eigenvalue weighted by molar-refractivity contribution is -0.462. The summed E-state index contributed by atoms with van der Waals surface area (Å²) < 4.78 is 0. The van der Waals surface area contributed by atoms with E-state index in [0.29, 0.717) is 6.42 Å². The maximum Gasteiger partial charge on any atom is 0.345 e. The average Bonchev–Trinajstić information content (AvgIpc) is 2.58. The molecular formula is C20H32O4. The molecule has 0 rings (SSSR count). The molecule has 0 spiro atoms. The molecule has 0 saturated heterocycles. The van der Waals surface area contributed by atoms with E-state index >= 15 is 0 Å². The fourth-order valence-electron chi connectivity index (χ4n) is 2.02. The molecule has 0 aliphatic rings. The van der Waals surface area contributed by atoms with Gasteiger partial charge in [0.25, 0.3) is 0 Å². The molecule has 4 heteroatoms. The standard InChI is InChI=1S/C20H32O4/c1-2-3-4-5-6-7-8-9-10-11-12-13-14-15-16-17-18-19-20(21)23-24-22/h6-7,9-10,12-15,22H,2-5,8,11,16-19H2,1H3. The van der Waals surface area contributed by atoms with Crippen LogP contribution in [0.25, 0.3) is 0 Å². The summed E-state index contributed by atoms with van der Waals surface area (Å²) in [4.78, 5) is 14.8. The first-order valence-corrected chi connectivity index (χ1v) is 8.93. The van der Waals surface area contributed by atoms with Crippen molar-refractivity contribution in [1.29, 1.82) is 0 Å². The van der Waals surface area contributed by atoms with E-state index in [4.69, 9.17) is 5.26 Å². The van der Waals surface area contributed by atoms with Crippen LogP contribution < -0.4 is 0 Å². The zero-order valence-corrected chi connectivity index (χ0v) is 14.9. The van der Waals surface area contributed by atoms with Crippen molar-refractivity contribution >= 4 is 5.97 Å².